The summed E-state index contributed by atoms with van der Waals surface area (Å²) in [6.07, 6.45) is 0.271. The molecule has 11 heteroatoms. The van der Waals surface area contributed by atoms with Gasteiger partial charge >= 0.3 is 11.7 Å². The van der Waals surface area contributed by atoms with Crippen LogP contribution in [0.15, 0.2) is 51.8 Å². The van der Waals surface area contributed by atoms with Crippen LogP contribution in [-0.2, 0) is 16.0 Å². The highest BCUT2D eigenvalue weighted by Crippen LogP contribution is 2.28. The zero-order chi connectivity index (χ0) is 24.9. The summed E-state index contributed by atoms with van der Waals surface area (Å²) in [5, 5.41) is 16.2. The van der Waals surface area contributed by atoms with Gasteiger partial charge in [-0.05, 0) is 54.2 Å². The number of aromatic nitrogens is 2. The van der Waals surface area contributed by atoms with Crippen molar-refractivity contribution in [3.63, 3.8) is 0 Å². The van der Waals surface area contributed by atoms with Crippen molar-refractivity contribution in [3.05, 3.63) is 75.2 Å². The summed E-state index contributed by atoms with van der Waals surface area (Å²) in [4.78, 5) is 37.8. The Balaban J connectivity index is 1.85. The van der Waals surface area contributed by atoms with Gasteiger partial charge in [0.05, 0.1) is 12.0 Å². The first kappa shape index (κ1) is 25.1. The lowest BCUT2D eigenvalue weighted by atomic mass is 9.82. The van der Waals surface area contributed by atoms with Gasteiger partial charge in [0.15, 0.2) is 0 Å². The number of aliphatic carboxylic acids is 1. The van der Waals surface area contributed by atoms with Crippen molar-refractivity contribution in [1.82, 2.24) is 15.5 Å². The highest BCUT2D eigenvalue weighted by atomic mass is 35.5. The molecule has 2 aromatic carbocycles. The van der Waals surface area contributed by atoms with Gasteiger partial charge in [-0.15, -0.1) is 0 Å². The molecule has 34 heavy (non-hydrogen) atoms. The summed E-state index contributed by atoms with van der Waals surface area (Å²) < 4.78 is 23.6. The van der Waals surface area contributed by atoms with Gasteiger partial charge in [0.25, 0.3) is 5.91 Å². The fraction of sp³-hybridized carbons (Fsp3) is 0.304. The summed E-state index contributed by atoms with van der Waals surface area (Å²) in [6, 6.07) is 10.5. The third-order valence-corrected chi connectivity index (χ3v) is 5.58. The Bertz CT molecular complexity index is 1230. The number of halogens is 2. The van der Waals surface area contributed by atoms with Crippen molar-refractivity contribution in [1.29, 1.82) is 0 Å². The van der Waals surface area contributed by atoms with Gasteiger partial charge in [0.2, 0.25) is 5.82 Å². The molecule has 0 aliphatic heterocycles. The molecule has 0 bridgehead atoms. The van der Waals surface area contributed by atoms with E-state index in [4.69, 9.17) is 16.3 Å². The van der Waals surface area contributed by atoms with E-state index in [-0.39, 0.29) is 25.3 Å². The van der Waals surface area contributed by atoms with Crippen LogP contribution >= 0.6 is 11.6 Å². The standard InChI is InChI=1S/C23H23ClFN3O6/c1-23(12-33-2,21(30)31)11-16(26-20(29)19-27-22(32)34-28-19)9-13-3-5-14(6-4-13)17-10-15(24)7-8-18(17)25/h3-8,10,16H,9,11-12H2,1-2H3,(H,26,29)(H,30,31)(H,27,28,32). The molecule has 2 unspecified atom stereocenters. The lowest BCUT2D eigenvalue weighted by molar-refractivity contribution is -0.152. The molecule has 1 heterocycles. The van der Waals surface area contributed by atoms with Crippen LogP contribution in [0.3, 0.4) is 0 Å². The molecule has 0 spiro atoms. The number of carbonyl (C=O) groups is 2. The first-order valence-corrected chi connectivity index (χ1v) is 10.6. The van der Waals surface area contributed by atoms with E-state index in [0.717, 1.165) is 5.56 Å². The zero-order valence-electron chi connectivity index (χ0n) is 18.4. The van der Waals surface area contributed by atoms with Gasteiger partial charge in [0.1, 0.15) is 5.82 Å². The SMILES string of the molecule is COCC(C)(CC(Cc1ccc(-c2cc(Cl)ccc2F)cc1)NC(=O)c1noc(=O)[nH]1)C(=O)O. The van der Waals surface area contributed by atoms with Gasteiger partial charge in [-0.25, -0.2) is 9.18 Å². The fourth-order valence-electron chi connectivity index (χ4n) is 3.65. The number of H-pyrrole nitrogens is 1. The highest BCUT2D eigenvalue weighted by Gasteiger charge is 2.37. The summed E-state index contributed by atoms with van der Waals surface area (Å²) >= 11 is 5.98. The molecule has 0 fully saturated rings. The van der Waals surface area contributed by atoms with Gasteiger partial charge in [-0.3, -0.25) is 19.1 Å². The van der Waals surface area contributed by atoms with Crippen molar-refractivity contribution >= 4 is 23.5 Å². The van der Waals surface area contributed by atoms with E-state index in [2.05, 4.69) is 20.0 Å². The average Bonchev–Trinajstić information content (AvgIpc) is 3.22. The molecular formula is C23H23ClFN3O6. The maximum atomic E-state index is 14.2. The van der Waals surface area contributed by atoms with Crippen LogP contribution in [0.4, 0.5) is 4.39 Å². The first-order chi connectivity index (χ1) is 16.1. The Morgan fingerprint density at radius 3 is 2.59 bits per heavy atom. The molecule has 180 valence electrons. The summed E-state index contributed by atoms with van der Waals surface area (Å²) in [5.41, 5.74) is 0.417. The number of nitrogens with zero attached hydrogens (tertiary/aromatic N) is 1. The van der Waals surface area contributed by atoms with Crippen molar-refractivity contribution in [2.75, 3.05) is 13.7 Å². The number of carbonyl (C=O) groups excluding carboxylic acids is 1. The summed E-state index contributed by atoms with van der Waals surface area (Å²) in [6.45, 7) is 1.43. The van der Waals surface area contributed by atoms with Crippen LogP contribution < -0.4 is 11.1 Å². The monoisotopic (exact) mass is 491 g/mol. The number of rotatable bonds is 10. The highest BCUT2D eigenvalue weighted by molar-refractivity contribution is 6.30. The number of nitrogens with one attached hydrogen (secondary N) is 2. The van der Waals surface area contributed by atoms with E-state index in [0.29, 0.717) is 16.1 Å². The molecule has 3 N–H and O–H groups in total. The van der Waals surface area contributed by atoms with Crippen molar-refractivity contribution in [2.45, 2.75) is 25.8 Å². The van der Waals surface area contributed by atoms with Gasteiger partial charge in [-0.1, -0.05) is 35.9 Å². The number of aromatic amines is 1. The number of methoxy groups -OCH3 is 1. The van der Waals surface area contributed by atoms with Crippen LogP contribution in [0.2, 0.25) is 5.02 Å². The lowest BCUT2D eigenvalue weighted by Gasteiger charge is -2.29. The second-order valence-corrected chi connectivity index (χ2v) is 8.58. The lowest BCUT2D eigenvalue weighted by Crippen LogP contribution is -2.44. The molecule has 0 aliphatic carbocycles. The molecule has 0 saturated carbocycles. The second kappa shape index (κ2) is 10.6. The normalized spacial score (nSPS) is 13.8. The molecule has 2 atom stereocenters. The van der Waals surface area contributed by atoms with E-state index in [1.165, 1.54) is 32.2 Å². The smallest absolute Gasteiger partial charge is 0.439 e. The summed E-state index contributed by atoms with van der Waals surface area (Å²) in [5.74, 6) is -3.44. The van der Waals surface area contributed by atoms with Crippen molar-refractivity contribution in [3.8, 4) is 11.1 Å². The minimum absolute atomic E-state index is 0.0225. The zero-order valence-corrected chi connectivity index (χ0v) is 19.2. The number of carboxylic acid groups (broad SMARTS) is 1. The summed E-state index contributed by atoms with van der Waals surface area (Å²) in [7, 11) is 1.39. The predicted molar refractivity (Wildman–Crippen MR) is 121 cm³/mol. The van der Waals surface area contributed by atoms with Crippen LogP contribution in [0.5, 0.6) is 0 Å². The Labute approximate surface area is 198 Å². The number of amides is 1. The Kier molecular flexibility index (Phi) is 7.85. The third-order valence-electron chi connectivity index (χ3n) is 5.34. The molecule has 0 radical (unpaired) electrons. The molecule has 1 amide bonds. The Morgan fingerprint density at radius 2 is 2.00 bits per heavy atom. The van der Waals surface area contributed by atoms with E-state index in [1.807, 2.05) is 0 Å². The number of carboxylic acids is 1. The van der Waals surface area contributed by atoms with E-state index < -0.39 is 34.9 Å². The molecule has 3 rings (SSSR count). The third kappa shape index (κ3) is 6.09. The quantitative estimate of drug-likeness (QED) is 0.396. The van der Waals surface area contributed by atoms with Gasteiger partial charge in [-0.2, -0.15) is 0 Å². The minimum atomic E-state index is -1.30. The van der Waals surface area contributed by atoms with Crippen LogP contribution in [0.25, 0.3) is 11.1 Å². The second-order valence-electron chi connectivity index (χ2n) is 8.14. The maximum absolute atomic E-state index is 14.2. The number of ether oxygens (including phenoxy) is 1. The van der Waals surface area contributed by atoms with Crippen LogP contribution in [0.1, 0.15) is 29.5 Å². The van der Waals surface area contributed by atoms with Crippen LogP contribution in [-0.4, -0.2) is 46.9 Å². The van der Waals surface area contributed by atoms with Gasteiger partial charge in [0, 0.05) is 23.7 Å². The fourth-order valence-corrected chi connectivity index (χ4v) is 3.82. The Morgan fingerprint density at radius 1 is 1.29 bits per heavy atom. The van der Waals surface area contributed by atoms with E-state index in [9.17, 15) is 23.9 Å². The molecule has 1 aromatic heterocycles. The molecule has 0 aliphatic rings. The van der Waals surface area contributed by atoms with Crippen molar-refractivity contribution in [2.24, 2.45) is 5.41 Å². The number of hydrogen-bond donors (Lipinski definition) is 3. The van der Waals surface area contributed by atoms with E-state index in [1.54, 1.807) is 24.3 Å². The van der Waals surface area contributed by atoms with Crippen molar-refractivity contribution < 1.29 is 28.3 Å². The number of benzene rings is 2. The molecule has 0 saturated heterocycles. The minimum Gasteiger partial charge on any atom is -0.481 e. The molecule has 3 aromatic rings. The Hall–Kier alpha value is -3.50. The largest absolute Gasteiger partial charge is 0.481 e. The molecular weight excluding hydrogens is 469 g/mol. The predicted octanol–water partition coefficient (Wildman–Crippen LogP) is 3.29. The topological polar surface area (TPSA) is 135 Å². The molecule has 9 nitrogen and oxygen atoms in total. The van der Waals surface area contributed by atoms with E-state index >= 15 is 0 Å². The first-order valence-electron chi connectivity index (χ1n) is 10.2. The van der Waals surface area contributed by atoms with Crippen LogP contribution in [0, 0.1) is 11.2 Å². The maximum Gasteiger partial charge on any atom is 0.439 e. The average molecular weight is 492 g/mol. The van der Waals surface area contributed by atoms with Gasteiger partial charge < -0.3 is 15.2 Å². The number of hydrogen-bond acceptors (Lipinski definition) is 6.